The van der Waals surface area contributed by atoms with Gasteiger partial charge >= 0.3 is 0 Å². The normalized spacial score (nSPS) is 13.9. The highest BCUT2D eigenvalue weighted by Crippen LogP contribution is 2.21. The van der Waals surface area contributed by atoms with Gasteiger partial charge in [0.05, 0.1) is 18.8 Å². The number of hydrogen-bond acceptors (Lipinski definition) is 4. The lowest BCUT2D eigenvalue weighted by Gasteiger charge is -2.27. The number of morpholine rings is 1. The average Bonchev–Trinajstić information content (AvgIpc) is 2.69. The van der Waals surface area contributed by atoms with Crippen LogP contribution in [0, 0.1) is 13.8 Å². The Kier molecular flexibility index (Phi) is 6.08. The van der Waals surface area contributed by atoms with Crippen molar-refractivity contribution in [3.8, 4) is 5.75 Å². The van der Waals surface area contributed by atoms with Crippen molar-refractivity contribution < 1.29 is 19.1 Å². The smallest absolute Gasteiger partial charge is 0.262 e. The van der Waals surface area contributed by atoms with Gasteiger partial charge in [-0.15, -0.1) is 0 Å². The molecule has 1 heterocycles. The van der Waals surface area contributed by atoms with Crippen molar-refractivity contribution in [3.63, 3.8) is 0 Å². The van der Waals surface area contributed by atoms with Crippen molar-refractivity contribution in [2.45, 2.75) is 13.8 Å². The molecular weight excluding hydrogens is 344 g/mol. The molecule has 1 N–H and O–H groups in total. The predicted octanol–water partition coefficient (Wildman–Crippen LogP) is 2.79. The Labute approximate surface area is 159 Å². The highest BCUT2D eigenvalue weighted by molar-refractivity contribution is 5.97. The summed E-state index contributed by atoms with van der Waals surface area (Å²) in [6.07, 6.45) is 0. The third kappa shape index (κ3) is 4.86. The van der Waals surface area contributed by atoms with E-state index in [1.165, 1.54) is 0 Å². The minimum Gasteiger partial charge on any atom is -0.483 e. The van der Waals surface area contributed by atoms with Crippen LogP contribution in [0.25, 0.3) is 0 Å². The summed E-state index contributed by atoms with van der Waals surface area (Å²) >= 11 is 0. The van der Waals surface area contributed by atoms with Crippen LogP contribution in [0.2, 0.25) is 0 Å². The van der Waals surface area contributed by atoms with Crippen molar-refractivity contribution in [2.75, 3.05) is 38.2 Å². The van der Waals surface area contributed by atoms with Crippen LogP contribution in [0.5, 0.6) is 5.75 Å². The van der Waals surface area contributed by atoms with Gasteiger partial charge in [-0.05, 0) is 43.2 Å². The van der Waals surface area contributed by atoms with Gasteiger partial charge in [-0.2, -0.15) is 0 Å². The standard InChI is InChI=1S/C21H24N2O4/c1-15-7-8-16(2)18(13-15)22-20(24)14-27-19-6-4-3-5-17(19)21(25)23-9-11-26-12-10-23/h3-8,13H,9-12,14H2,1-2H3,(H,22,24). The van der Waals surface area contributed by atoms with E-state index in [9.17, 15) is 9.59 Å². The van der Waals surface area contributed by atoms with E-state index in [4.69, 9.17) is 9.47 Å². The molecule has 1 saturated heterocycles. The number of nitrogens with zero attached hydrogens (tertiary/aromatic N) is 1. The highest BCUT2D eigenvalue weighted by Gasteiger charge is 2.21. The molecule has 2 aromatic rings. The SMILES string of the molecule is Cc1ccc(C)c(NC(=O)COc2ccccc2C(=O)N2CCOCC2)c1. The fourth-order valence-corrected chi connectivity index (χ4v) is 2.91. The first-order valence-corrected chi connectivity index (χ1v) is 9.00. The Balaban J connectivity index is 1.65. The van der Waals surface area contributed by atoms with Crippen LogP contribution >= 0.6 is 0 Å². The molecule has 6 nitrogen and oxygen atoms in total. The van der Waals surface area contributed by atoms with Crippen molar-refractivity contribution in [1.82, 2.24) is 4.90 Å². The molecule has 0 atom stereocenters. The predicted molar refractivity (Wildman–Crippen MR) is 103 cm³/mol. The van der Waals surface area contributed by atoms with Gasteiger partial charge in [-0.3, -0.25) is 9.59 Å². The number of amides is 2. The van der Waals surface area contributed by atoms with Crippen molar-refractivity contribution >= 4 is 17.5 Å². The Hall–Kier alpha value is -2.86. The number of rotatable bonds is 5. The molecule has 0 spiro atoms. The first-order valence-electron chi connectivity index (χ1n) is 9.00. The van der Waals surface area contributed by atoms with Gasteiger partial charge in [-0.1, -0.05) is 24.3 Å². The molecule has 0 aromatic heterocycles. The summed E-state index contributed by atoms with van der Waals surface area (Å²) in [5, 5.41) is 2.86. The summed E-state index contributed by atoms with van der Waals surface area (Å²) in [6.45, 7) is 5.92. The zero-order chi connectivity index (χ0) is 19.2. The summed E-state index contributed by atoms with van der Waals surface area (Å²) in [7, 11) is 0. The number of aryl methyl sites for hydroxylation is 2. The molecule has 6 heteroatoms. The van der Waals surface area contributed by atoms with Crippen LogP contribution in [0.1, 0.15) is 21.5 Å². The molecule has 0 unspecified atom stereocenters. The Morgan fingerprint density at radius 2 is 1.85 bits per heavy atom. The molecule has 0 aliphatic carbocycles. The van der Waals surface area contributed by atoms with E-state index in [1.807, 2.05) is 32.0 Å². The lowest BCUT2D eigenvalue weighted by molar-refractivity contribution is -0.118. The van der Waals surface area contributed by atoms with Gasteiger partial charge in [0.2, 0.25) is 0 Å². The second kappa shape index (κ2) is 8.68. The molecule has 142 valence electrons. The van der Waals surface area contributed by atoms with E-state index >= 15 is 0 Å². The molecule has 1 aliphatic rings. The minimum absolute atomic E-state index is 0.108. The molecule has 1 fully saturated rings. The molecular formula is C21H24N2O4. The van der Waals surface area contributed by atoms with Crippen LogP contribution < -0.4 is 10.1 Å². The van der Waals surface area contributed by atoms with Crippen molar-refractivity contribution in [1.29, 1.82) is 0 Å². The molecule has 27 heavy (non-hydrogen) atoms. The summed E-state index contributed by atoms with van der Waals surface area (Å²) in [5.74, 6) is 0.0336. The first kappa shape index (κ1) is 18.9. The molecule has 2 aromatic carbocycles. The van der Waals surface area contributed by atoms with Gasteiger partial charge in [0.15, 0.2) is 6.61 Å². The van der Waals surface area contributed by atoms with Crippen molar-refractivity contribution in [3.05, 3.63) is 59.2 Å². The third-order valence-corrected chi connectivity index (χ3v) is 4.44. The molecule has 0 saturated carbocycles. The summed E-state index contributed by atoms with van der Waals surface area (Å²) < 4.78 is 11.0. The summed E-state index contributed by atoms with van der Waals surface area (Å²) in [6, 6.07) is 12.9. The van der Waals surface area contributed by atoms with Crippen LogP contribution in [-0.4, -0.2) is 49.6 Å². The van der Waals surface area contributed by atoms with Gasteiger partial charge in [-0.25, -0.2) is 0 Å². The monoisotopic (exact) mass is 368 g/mol. The number of benzene rings is 2. The van der Waals surface area contributed by atoms with Crippen LogP contribution in [0.4, 0.5) is 5.69 Å². The molecule has 1 aliphatic heterocycles. The second-order valence-corrected chi connectivity index (χ2v) is 6.56. The number of para-hydroxylation sites is 1. The van der Waals surface area contributed by atoms with Crippen LogP contribution in [-0.2, 0) is 9.53 Å². The average molecular weight is 368 g/mol. The Bertz CT molecular complexity index is 829. The van der Waals surface area contributed by atoms with Gasteiger partial charge in [0, 0.05) is 18.8 Å². The maximum absolute atomic E-state index is 12.7. The molecule has 2 amide bonds. The van der Waals surface area contributed by atoms with Gasteiger partial charge < -0.3 is 19.7 Å². The lowest BCUT2D eigenvalue weighted by atomic mass is 10.1. The summed E-state index contributed by atoms with van der Waals surface area (Å²) in [5.41, 5.74) is 3.27. The van der Waals surface area contributed by atoms with E-state index in [-0.39, 0.29) is 18.4 Å². The van der Waals surface area contributed by atoms with E-state index in [2.05, 4.69) is 5.32 Å². The number of anilines is 1. The molecule has 0 bridgehead atoms. The van der Waals surface area contributed by atoms with E-state index in [0.29, 0.717) is 37.6 Å². The fraction of sp³-hybridized carbons (Fsp3) is 0.333. The number of carbonyl (C=O) groups is 2. The maximum Gasteiger partial charge on any atom is 0.262 e. The number of carbonyl (C=O) groups excluding carboxylic acids is 2. The number of nitrogens with one attached hydrogen (secondary N) is 1. The first-order chi connectivity index (χ1) is 13.0. The van der Waals surface area contributed by atoms with E-state index in [0.717, 1.165) is 16.8 Å². The third-order valence-electron chi connectivity index (χ3n) is 4.44. The Morgan fingerprint density at radius 3 is 2.63 bits per heavy atom. The van der Waals surface area contributed by atoms with E-state index in [1.54, 1.807) is 29.2 Å². The minimum atomic E-state index is -0.266. The van der Waals surface area contributed by atoms with E-state index < -0.39 is 0 Å². The van der Waals surface area contributed by atoms with Crippen molar-refractivity contribution in [2.24, 2.45) is 0 Å². The van der Waals surface area contributed by atoms with Gasteiger partial charge in [0.1, 0.15) is 5.75 Å². The zero-order valence-corrected chi connectivity index (χ0v) is 15.7. The lowest BCUT2D eigenvalue weighted by Crippen LogP contribution is -2.40. The Morgan fingerprint density at radius 1 is 1.11 bits per heavy atom. The van der Waals surface area contributed by atoms with Gasteiger partial charge in [0.25, 0.3) is 11.8 Å². The highest BCUT2D eigenvalue weighted by atomic mass is 16.5. The van der Waals surface area contributed by atoms with Crippen LogP contribution in [0.3, 0.4) is 0 Å². The molecule has 3 rings (SSSR count). The molecule has 0 radical (unpaired) electrons. The quantitative estimate of drug-likeness (QED) is 0.881. The van der Waals surface area contributed by atoms with Crippen LogP contribution in [0.15, 0.2) is 42.5 Å². The number of hydrogen-bond donors (Lipinski definition) is 1. The maximum atomic E-state index is 12.7. The topological polar surface area (TPSA) is 67.9 Å². The second-order valence-electron chi connectivity index (χ2n) is 6.56. The fourth-order valence-electron chi connectivity index (χ4n) is 2.91. The zero-order valence-electron chi connectivity index (χ0n) is 15.7. The summed E-state index contributed by atoms with van der Waals surface area (Å²) in [4.78, 5) is 26.8. The largest absolute Gasteiger partial charge is 0.483 e. The number of ether oxygens (including phenoxy) is 2.